The van der Waals surface area contributed by atoms with Crippen molar-refractivity contribution >= 4 is 29.6 Å². The predicted molar refractivity (Wildman–Crippen MR) is 99.2 cm³/mol. The van der Waals surface area contributed by atoms with E-state index < -0.39 is 0 Å². The quantitative estimate of drug-likeness (QED) is 0.786. The van der Waals surface area contributed by atoms with Gasteiger partial charge in [0.1, 0.15) is 0 Å². The van der Waals surface area contributed by atoms with Crippen molar-refractivity contribution in [3.8, 4) is 0 Å². The Balaban J connectivity index is 1.48. The van der Waals surface area contributed by atoms with Gasteiger partial charge >= 0.3 is 0 Å². The van der Waals surface area contributed by atoms with Gasteiger partial charge in [-0.2, -0.15) is 5.10 Å². The summed E-state index contributed by atoms with van der Waals surface area (Å²) in [6.45, 7) is 3.80. The average molecular weight is 326 g/mol. The number of allylic oxidation sites excluding steroid dienone is 1. The van der Waals surface area contributed by atoms with Crippen LogP contribution in [0.3, 0.4) is 0 Å². The minimum absolute atomic E-state index is 0.780. The maximum Gasteiger partial charge on any atom is 0.0536 e. The summed E-state index contributed by atoms with van der Waals surface area (Å²) >= 11 is 5.94. The standard InChI is InChI=1S/C19H20ClN3/c20-18-8-10-19(11-9-18)22-13-15-23(16-14-22)21-12-4-7-17-5-2-1-3-6-17/h1-12H,13-16H2/b7-4+,21-12?. The van der Waals surface area contributed by atoms with Crippen LogP contribution in [0.4, 0.5) is 5.69 Å². The lowest BCUT2D eigenvalue weighted by atomic mass is 10.2. The second kappa shape index (κ2) is 7.84. The lowest BCUT2D eigenvalue weighted by molar-refractivity contribution is 0.272. The molecule has 1 heterocycles. The third-order valence-electron chi connectivity index (χ3n) is 3.85. The molecule has 0 amide bonds. The molecule has 1 saturated heterocycles. The minimum atomic E-state index is 0.780. The minimum Gasteiger partial charge on any atom is -0.368 e. The Labute approximate surface area is 142 Å². The number of anilines is 1. The van der Waals surface area contributed by atoms with E-state index >= 15 is 0 Å². The van der Waals surface area contributed by atoms with Crippen LogP contribution in [0.5, 0.6) is 0 Å². The van der Waals surface area contributed by atoms with Crippen molar-refractivity contribution < 1.29 is 0 Å². The molecule has 0 aliphatic carbocycles. The van der Waals surface area contributed by atoms with E-state index in [0.29, 0.717) is 0 Å². The first kappa shape index (κ1) is 15.6. The first-order chi connectivity index (χ1) is 11.3. The van der Waals surface area contributed by atoms with Crippen molar-refractivity contribution in [3.63, 3.8) is 0 Å². The fraction of sp³-hybridized carbons (Fsp3) is 0.211. The van der Waals surface area contributed by atoms with Crippen LogP contribution >= 0.6 is 11.6 Å². The number of hydrogen-bond donors (Lipinski definition) is 0. The van der Waals surface area contributed by atoms with Gasteiger partial charge in [0.05, 0.1) is 13.1 Å². The van der Waals surface area contributed by atoms with Crippen LogP contribution in [-0.2, 0) is 0 Å². The van der Waals surface area contributed by atoms with Gasteiger partial charge in [0.2, 0.25) is 0 Å². The summed E-state index contributed by atoms with van der Waals surface area (Å²) in [6.07, 6.45) is 5.92. The lowest BCUT2D eigenvalue weighted by Crippen LogP contribution is -2.44. The molecule has 0 aromatic heterocycles. The maximum atomic E-state index is 5.94. The molecule has 0 spiro atoms. The van der Waals surface area contributed by atoms with E-state index in [9.17, 15) is 0 Å². The zero-order chi connectivity index (χ0) is 15.9. The number of piperazine rings is 1. The number of nitrogens with zero attached hydrogens (tertiary/aromatic N) is 3. The van der Waals surface area contributed by atoms with Gasteiger partial charge in [0.15, 0.2) is 0 Å². The van der Waals surface area contributed by atoms with Crippen LogP contribution in [-0.4, -0.2) is 37.4 Å². The second-order valence-corrected chi connectivity index (χ2v) is 5.89. The van der Waals surface area contributed by atoms with Crippen molar-refractivity contribution in [3.05, 3.63) is 71.3 Å². The molecule has 0 bridgehead atoms. The van der Waals surface area contributed by atoms with E-state index in [-0.39, 0.29) is 0 Å². The number of hydrazone groups is 1. The molecule has 0 unspecified atom stereocenters. The number of hydrogen-bond acceptors (Lipinski definition) is 3. The van der Waals surface area contributed by atoms with Crippen molar-refractivity contribution in [2.24, 2.45) is 5.10 Å². The van der Waals surface area contributed by atoms with Gasteiger partial charge in [-0.25, -0.2) is 0 Å². The molecule has 3 rings (SSSR count). The van der Waals surface area contributed by atoms with E-state index in [0.717, 1.165) is 31.2 Å². The largest absolute Gasteiger partial charge is 0.368 e. The summed E-state index contributed by atoms with van der Waals surface area (Å²) in [4.78, 5) is 2.36. The van der Waals surface area contributed by atoms with Crippen molar-refractivity contribution in [2.45, 2.75) is 0 Å². The molecular formula is C19H20ClN3. The second-order valence-electron chi connectivity index (χ2n) is 5.45. The Morgan fingerprint density at radius 1 is 0.870 bits per heavy atom. The third-order valence-corrected chi connectivity index (χ3v) is 4.10. The Bertz CT molecular complexity index is 657. The molecule has 0 radical (unpaired) electrons. The zero-order valence-electron chi connectivity index (χ0n) is 13.0. The molecule has 3 nitrogen and oxygen atoms in total. The van der Waals surface area contributed by atoms with Gasteiger partial charge in [0.25, 0.3) is 0 Å². The van der Waals surface area contributed by atoms with E-state index in [2.05, 4.69) is 45.4 Å². The molecule has 23 heavy (non-hydrogen) atoms. The highest BCUT2D eigenvalue weighted by molar-refractivity contribution is 6.30. The highest BCUT2D eigenvalue weighted by Crippen LogP contribution is 2.19. The van der Waals surface area contributed by atoms with Gasteiger partial charge in [-0.1, -0.05) is 48.0 Å². The Morgan fingerprint density at radius 3 is 2.26 bits per heavy atom. The van der Waals surface area contributed by atoms with E-state index in [4.69, 9.17) is 11.6 Å². The molecule has 2 aromatic carbocycles. The number of benzene rings is 2. The van der Waals surface area contributed by atoms with E-state index in [1.807, 2.05) is 42.6 Å². The van der Waals surface area contributed by atoms with Gasteiger partial charge in [0, 0.05) is 30.0 Å². The normalized spacial score (nSPS) is 15.7. The van der Waals surface area contributed by atoms with E-state index in [1.165, 1.54) is 11.3 Å². The first-order valence-electron chi connectivity index (χ1n) is 7.82. The monoisotopic (exact) mass is 325 g/mol. The average Bonchev–Trinajstić information content (AvgIpc) is 2.61. The third kappa shape index (κ3) is 4.60. The molecule has 118 valence electrons. The van der Waals surface area contributed by atoms with E-state index in [1.54, 1.807) is 0 Å². The summed E-state index contributed by atoms with van der Waals surface area (Å²) in [6, 6.07) is 18.3. The Morgan fingerprint density at radius 2 is 1.57 bits per heavy atom. The number of halogens is 1. The molecule has 1 aliphatic rings. The van der Waals surface area contributed by atoms with Gasteiger partial charge in [-0.3, -0.25) is 5.01 Å². The van der Waals surface area contributed by atoms with Crippen LogP contribution < -0.4 is 4.90 Å². The molecular weight excluding hydrogens is 306 g/mol. The smallest absolute Gasteiger partial charge is 0.0536 e. The topological polar surface area (TPSA) is 18.8 Å². The predicted octanol–water partition coefficient (Wildman–Crippen LogP) is 4.16. The van der Waals surface area contributed by atoms with Crippen LogP contribution in [0, 0.1) is 0 Å². The van der Waals surface area contributed by atoms with Crippen LogP contribution in [0.15, 0.2) is 65.8 Å². The fourth-order valence-corrected chi connectivity index (χ4v) is 2.70. The van der Waals surface area contributed by atoms with Gasteiger partial charge < -0.3 is 4.90 Å². The lowest BCUT2D eigenvalue weighted by Gasteiger charge is -2.34. The summed E-state index contributed by atoms with van der Waals surface area (Å²) in [5.41, 5.74) is 2.41. The van der Waals surface area contributed by atoms with Crippen LogP contribution in [0.25, 0.3) is 6.08 Å². The molecule has 2 aromatic rings. The fourth-order valence-electron chi connectivity index (χ4n) is 2.57. The molecule has 0 atom stereocenters. The van der Waals surface area contributed by atoms with Crippen LogP contribution in [0.2, 0.25) is 5.02 Å². The SMILES string of the molecule is Clc1ccc(N2CCN(N=C/C=C/c3ccccc3)CC2)cc1. The summed E-state index contributed by atoms with van der Waals surface area (Å²) < 4.78 is 0. The van der Waals surface area contributed by atoms with Crippen LogP contribution in [0.1, 0.15) is 5.56 Å². The summed E-state index contributed by atoms with van der Waals surface area (Å²) in [5, 5.41) is 7.41. The maximum absolute atomic E-state index is 5.94. The summed E-state index contributed by atoms with van der Waals surface area (Å²) in [7, 11) is 0. The Kier molecular flexibility index (Phi) is 5.33. The molecule has 1 fully saturated rings. The van der Waals surface area contributed by atoms with Gasteiger partial charge in [-0.15, -0.1) is 0 Å². The van der Waals surface area contributed by atoms with Crippen molar-refractivity contribution in [1.82, 2.24) is 5.01 Å². The highest BCUT2D eigenvalue weighted by atomic mass is 35.5. The summed E-state index contributed by atoms with van der Waals surface area (Å²) in [5.74, 6) is 0. The van der Waals surface area contributed by atoms with Crippen molar-refractivity contribution in [2.75, 3.05) is 31.1 Å². The molecule has 0 saturated carbocycles. The molecule has 4 heteroatoms. The highest BCUT2D eigenvalue weighted by Gasteiger charge is 2.15. The first-order valence-corrected chi connectivity index (χ1v) is 8.20. The zero-order valence-corrected chi connectivity index (χ0v) is 13.7. The van der Waals surface area contributed by atoms with Crippen molar-refractivity contribution in [1.29, 1.82) is 0 Å². The van der Waals surface area contributed by atoms with Gasteiger partial charge in [-0.05, 0) is 35.9 Å². The number of rotatable bonds is 4. The molecule has 0 N–H and O–H groups in total. The Hall–Kier alpha value is -2.26. The molecule has 1 aliphatic heterocycles.